The second-order valence-corrected chi connectivity index (χ2v) is 9.75. The van der Waals surface area contributed by atoms with E-state index < -0.39 is 0 Å². The summed E-state index contributed by atoms with van der Waals surface area (Å²) in [4.78, 5) is 28.8. The first-order valence-electron chi connectivity index (χ1n) is 13.4. The summed E-state index contributed by atoms with van der Waals surface area (Å²) in [5.74, 6) is 1.08. The molecule has 208 valence electrons. The van der Waals surface area contributed by atoms with Crippen molar-refractivity contribution in [1.29, 1.82) is 0 Å². The molecule has 0 bridgehead atoms. The van der Waals surface area contributed by atoms with Crippen LogP contribution in [0.15, 0.2) is 79.0 Å². The SMILES string of the molecule is CCc1cc(O)ccc1-c1cc2[nH]ncc2c(N2CCc3c(cccc3C(=O)NCc3ccccc3)C2)n1.O=CO. The van der Waals surface area contributed by atoms with E-state index in [4.69, 9.17) is 14.9 Å². The number of carbonyl (C=O) groups is 2. The second-order valence-electron chi connectivity index (χ2n) is 9.75. The fourth-order valence-corrected chi connectivity index (χ4v) is 5.31. The van der Waals surface area contributed by atoms with Gasteiger partial charge in [-0.2, -0.15) is 5.10 Å². The third-order valence-electron chi connectivity index (χ3n) is 7.27. The van der Waals surface area contributed by atoms with E-state index in [0.29, 0.717) is 13.1 Å². The minimum absolute atomic E-state index is 0.0454. The molecule has 0 radical (unpaired) electrons. The van der Waals surface area contributed by atoms with Gasteiger partial charge in [-0.3, -0.25) is 14.7 Å². The van der Waals surface area contributed by atoms with Crippen molar-refractivity contribution >= 4 is 29.1 Å². The number of hydrogen-bond acceptors (Lipinski definition) is 6. The van der Waals surface area contributed by atoms with Crippen LogP contribution in [0.1, 0.15) is 39.5 Å². The van der Waals surface area contributed by atoms with E-state index >= 15 is 0 Å². The smallest absolute Gasteiger partial charge is 0.290 e. The third-order valence-corrected chi connectivity index (χ3v) is 7.27. The van der Waals surface area contributed by atoms with Crippen molar-refractivity contribution in [2.75, 3.05) is 11.4 Å². The zero-order valence-corrected chi connectivity index (χ0v) is 22.7. The Bertz CT molecular complexity index is 1680. The fourth-order valence-electron chi connectivity index (χ4n) is 5.31. The summed E-state index contributed by atoms with van der Waals surface area (Å²) in [5.41, 5.74) is 7.84. The van der Waals surface area contributed by atoms with Crippen LogP contribution in [0.3, 0.4) is 0 Å². The Morgan fingerprint density at radius 1 is 1.10 bits per heavy atom. The molecule has 0 spiro atoms. The summed E-state index contributed by atoms with van der Waals surface area (Å²) in [5, 5.41) is 28.3. The zero-order chi connectivity index (χ0) is 28.8. The maximum atomic E-state index is 13.1. The van der Waals surface area contributed by atoms with Crippen LogP contribution in [0.5, 0.6) is 5.75 Å². The first-order chi connectivity index (χ1) is 20.0. The fraction of sp³-hybridized carbons (Fsp3) is 0.188. The Morgan fingerprint density at radius 2 is 1.90 bits per heavy atom. The van der Waals surface area contributed by atoms with E-state index in [2.05, 4.69) is 33.4 Å². The van der Waals surface area contributed by atoms with Gasteiger partial charge in [-0.15, -0.1) is 0 Å². The molecule has 9 heteroatoms. The third kappa shape index (κ3) is 5.89. The molecular formula is C32H31N5O4. The Hall–Kier alpha value is -5.18. The van der Waals surface area contributed by atoms with E-state index in [-0.39, 0.29) is 18.1 Å². The maximum absolute atomic E-state index is 13.1. The minimum Gasteiger partial charge on any atom is -0.508 e. The Kier molecular flexibility index (Phi) is 8.24. The van der Waals surface area contributed by atoms with Crippen LogP contribution in [0.2, 0.25) is 0 Å². The van der Waals surface area contributed by atoms with Crippen molar-refractivity contribution < 1.29 is 19.8 Å². The van der Waals surface area contributed by atoms with Gasteiger partial charge in [-0.25, -0.2) is 4.98 Å². The number of hydrogen-bond donors (Lipinski definition) is 4. The van der Waals surface area contributed by atoms with Crippen molar-refractivity contribution in [3.8, 4) is 17.0 Å². The van der Waals surface area contributed by atoms with Crippen LogP contribution < -0.4 is 10.2 Å². The topological polar surface area (TPSA) is 131 Å². The van der Waals surface area contributed by atoms with Crippen molar-refractivity contribution in [3.05, 3.63) is 107 Å². The van der Waals surface area contributed by atoms with Crippen LogP contribution in [0.4, 0.5) is 5.82 Å². The molecule has 6 rings (SSSR count). The lowest BCUT2D eigenvalue weighted by Crippen LogP contribution is -2.33. The number of carboxylic acid groups (broad SMARTS) is 1. The van der Waals surface area contributed by atoms with E-state index in [0.717, 1.165) is 75.2 Å². The predicted octanol–water partition coefficient (Wildman–Crippen LogP) is 5.09. The van der Waals surface area contributed by atoms with Crippen LogP contribution in [-0.4, -0.2) is 44.3 Å². The molecule has 41 heavy (non-hydrogen) atoms. The van der Waals surface area contributed by atoms with Crippen LogP contribution in [0, 0.1) is 0 Å². The van der Waals surface area contributed by atoms with E-state index in [1.807, 2.05) is 60.8 Å². The average Bonchev–Trinajstić information content (AvgIpc) is 3.48. The lowest BCUT2D eigenvalue weighted by Gasteiger charge is -2.31. The first kappa shape index (κ1) is 27.4. The number of anilines is 1. The van der Waals surface area contributed by atoms with Gasteiger partial charge < -0.3 is 20.4 Å². The molecule has 2 aromatic heterocycles. The zero-order valence-electron chi connectivity index (χ0n) is 22.7. The lowest BCUT2D eigenvalue weighted by atomic mass is 9.93. The number of aromatic hydroxyl groups is 1. The van der Waals surface area contributed by atoms with E-state index in [9.17, 15) is 9.90 Å². The van der Waals surface area contributed by atoms with Gasteiger partial charge in [0.25, 0.3) is 12.4 Å². The standard InChI is InChI=1S/C31H29N5O2.CH2O2/c1-2-21-15-23(37)11-12-25(21)28-16-29-27(18-33-35-29)30(34-28)36-14-13-24-22(19-36)9-6-10-26(24)31(38)32-17-20-7-4-3-5-8-20;2-1-3/h3-12,15-16,18,37H,2,13-14,17,19H2,1H3,(H,32,38)(H,33,35);1H,(H,2,3). The highest BCUT2D eigenvalue weighted by molar-refractivity contribution is 5.96. The molecule has 3 aromatic carbocycles. The molecule has 0 aliphatic carbocycles. The molecule has 0 saturated carbocycles. The minimum atomic E-state index is -0.250. The highest BCUT2D eigenvalue weighted by Crippen LogP contribution is 2.34. The number of aromatic nitrogens is 3. The molecular weight excluding hydrogens is 518 g/mol. The molecule has 0 fully saturated rings. The molecule has 1 amide bonds. The number of pyridine rings is 1. The number of benzene rings is 3. The van der Waals surface area contributed by atoms with Crippen molar-refractivity contribution in [3.63, 3.8) is 0 Å². The number of nitrogens with one attached hydrogen (secondary N) is 2. The normalized spacial score (nSPS) is 12.3. The molecule has 0 saturated heterocycles. The Morgan fingerprint density at radius 3 is 2.68 bits per heavy atom. The predicted molar refractivity (Wildman–Crippen MR) is 158 cm³/mol. The molecule has 1 aliphatic rings. The van der Waals surface area contributed by atoms with Crippen LogP contribution >= 0.6 is 0 Å². The van der Waals surface area contributed by atoms with Gasteiger partial charge in [-0.05, 0) is 65.4 Å². The van der Waals surface area contributed by atoms with Crippen molar-refractivity contribution in [2.24, 2.45) is 0 Å². The number of phenols is 1. The molecule has 4 N–H and O–H groups in total. The molecule has 9 nitrogen and oxygen atoms in total. The number of carbonyl (C=O) groups excluding carboxylic acids is 1. The Labute approximate surface area is 237 Å². The van der Waals surface area contributed by atoms with Crippen LogP contribution in [-0.2, 0) is 30.7 Å². The number of amides is 1. The summed E-state index contributed by atoms with van der Waals surface area (Å²) in [6.07, 6.45) is 3.35. The number of H-pyrrole nitrogens is 1. The first-order valence-corrected chi connectivity index (χ1v) is 13.4. The maximum Gasteiger partial charge on any atom is 0.290 e. The molecule has 1 aliphatic heterocycles. The van der Waals surface area contributed by atoms with Crippen molar-refractivity contribution in [1.82, 2.24) is 20.5 Å². The molecule has 0 unspecified atom stereocenters. The number of aromatic amines is 1. The molecule has 3 heterocycles. The summed E-state index contributed by atoms with van der Waals surface area (Å²) >= 11 is 0. The average molecular weight is 550 g/mol. The summed E-state index contributed by atoms with van der Waals surface area (Å²) < 4.78 is 0. The van der Waals surface area contributed by atoms with E-state index in [1.165, 1.54) is 0 Å². The number of nitrogens with zero attached hydrogens (tertiary/aromatic N) is 3. The van der Waals surface area contributed by atoms with Crippen LogP contribution in [0.25, 0.3) is 22.2 Å². The summed E-state index contributed by atoms with van der Waals surface area (Å²) in [6, 6.07) is 23.4. The van der Waals surface area contributed by atoms with Gasteiger partial charge in [0, 0.05) is 30.8 Å². The van der Waals surface area contributed by atoms with E-state index in [1.54, 1.807) is 12.1 Å². The number of rotatable bonds is 6. The van der Waals surface area contributed by atoms with Gasteiger partial charge in [0.15, 0.2) is 0 Å². The summed E-state index contributed by atoms with van der Waals surface area (Å²) in [6.45, 7) is 3.72. The number of phenolic OH excluding ortho intramolecular Hbond substituents is 1. The summed E-state index contributed by atoms with van der Waals surface area (Å²) in [7, 11) is 0. The van der Waals surface area contributed by atoms with Gasteiger partial charge in [0.1, 0.15) is 11.6 Å². The van der Waals surface area contributed by atoms with Crippen molar-refractivity contribution in [2.45, 2.75) is 32.9 Å². The molecule has 5 aromatic rings. The van der Waals surface area contributed by atoms with Gasteiger partial charge in [-0.1, -0.05) is 49.4 Å². The lowest BCUT2D eigenvalue weighted by molar-refractivity contribution is -0.122. The number of aryl methyl sites for hydroxylation is 1. The number of fused-ring (bicyclic) bond motifs is 2. The molecule has 0 atom stereocenters. The van der Waals surface area contributed by atoms with Gasteiger partial charge >= 0.3 is 0 Å². The monoisotopic (exact) mass is 549 g/mol. The Balaban J connectivity index is 0.00000108. The van der Waals surface area contributed by atoms with Gasteiger partial charge in [0.05, 0.1) is 22.8 Å². The second kappa shape index (κ2) is 12.3. The quantitative estimate of drug-likeness (QED) is 0.217. The largest absolute Gasteiger partial charge is 0.508 e. The van der Waals surface area contributed by atoms with Gasteiger partial charge in [0.2, 0.25) is 0 Å². The highest BCUT2D eigenvalue weighted by atomic mass is 16.3. The highest BCUT2D eigenvalue weighted by Gasteiger charge is 2.24.